The van der Waals surface area contributed by atoms with Gasteiger partial charge >= 0.3 is 12.3 Å². The smallest absolute Gasteiger partial charge is 0.419 e. The summed E-state index contributed by atoms with van der Waals surface area (Å²) in [5.41, 5.74) is -2.43. The highest BCUT2D eigenvalue weighted by atomic mass is 35.5. The second kappa shape index (κ2) is 5.71. The summed E-state index contributed by atoms with van der Waals surface area (Å²) in [5.74, 6) is -1.36. The molecule has 0 bridgehead atoms. The van der Waals surface area contributed by atoms with E-state index in [1.807, 2.05) is 0 Å². The van der Waals surface area contributed by atoms with Crippen LogP contribution >= 0.6 is 12.4 Å². The third-order valence-corrected chi connectivity index (χ3v) is 3.26. The molecule has 0 aliphatic carbocycles. The van der Waals surface area contributed by atoms with Gasteiger partial charge in [-0.25, -0.2) is 9.18 Å². The van der Waals surface area contributed by atoms with Gasteiger partial charge in [0.25, 0.3) is 0 Å². The van der Waals surface area contributed by atoms with Crippen molar-refractivity contribution in [1.82, 2.24) is 5.32 Å². The Morgan fingerprint density at radius 1 is 1.33 bits per heavy atom. The Labute approximate surface area is 125 Å². The van der Waals surface area contributed by atoms with Gasteiger partial charge in [0.15, 0.2) is 0 Å². The fraction of sp³-hybridized carbons (Fsp3) is 0.462. The third kappa shape index (κ3) is 3.40. The van der Waals surface area contributed by atoms with Crippen LogP contribution in [-0.4, -0.2) is 12.7 Å². The zero-order valence-electron chi connectivity index (χ0n) is 11.3. The summed E-state index contributed by atoms with van der Waals surface area (Å²) in [6, 6.07) is 2.14. The van der Waals surface area contributed by atoms with Crippen LogP contribution in [0.25, 0.3) is 0 Å². The van der Waals surface area contributed by atoms with E-state index in [0.29, 0.717) is 0 Å². The van der Waals surface area contributed by atoms with Gasteiger partial charge in [0.05, 0.1) is 11.6 Å². The summed E-state index contributed by atoms with van der Waals surface area (Å²) in [4.78, 5) is 11.3. The molecule has 2 rings (SSSR count). The van der Waals surface area contributed by atoms with E-state index in [0.717, 1.165) is 6.07 Å². The highest BCUT2D eigenvalue weighted by Gasteiger charge is 2.44. The van der Waals surface area contributed by atoms with Gasteiger partial charge in [-0.3, -0.25) is 0 Å². The predicted molar refractivity (Wildman–Crippen MR) is 69.7 cm³/mol. The van der Waals surface area contributed by atoms with Crippen LogP contribution in [0.4, 0.5) is 22.4 Å². The van der Waals surface area contributed by atoms with Crippen LogP contribution in [-0.2, 0) is 10.9 Å². The minimum absolute atomic E-state index is 0. The number of cyclic esters (lactones) is 1. The predicted octanol–water partition coefficient (Wildman–Crippen LogP) is 4.07. The molecule has 1 aliphatic heterocycles. The summed E-state index contributed by atoms with van der Waals surface area (Å²) >= 11 is 0. The van der Waals surface area contributed by atoms with Gasteiger partial charge in [-0.15, -0.1) is 12.4 Å². The number of carbonyl (C=O) groups is 1. The molecule has 1 aliphatic rings. The summed E-state index contributed by atoms with van der Waals surface area (Å²) in [5, 5.41) is 2.33. The van der Waals surface area contributed by atoms with Gasteiger partial charge in [-0.2, -0.15) is 13.2 Å². The van der Waals surface area contributed by atoms with Crippen molar-refractivity contribution < 1.29 is 27.1 Å². The summed E-state index contributed by atoms with van der Waals surface area (Å²) in [6.07, 6.45) is -5.65. The first-order valence-corrected chi connectivity index (χ1v) is 5.92. The molecule has 0 saturated carbocycles. The van der Waals surface area contributed by atoms with Gasteiger partial charge in [-0.05, 0) is 11.6 Å². The molecule has 1 fully saturated rings. The zero-order valence-corrected chi connectivity index (χ0v) is 12.1. The number of ether oxygens (including phenoxy) is 1. The van der Waals surface area contributed by atoms with E-state index in [1.165, 1.54) is 12.1 Å². The van der Waals surface area contributed by atoms with Crippen molar-refractivity contribution in [2.75, 3.05) is 6.61 Å². The van der Waals surface area contributed by atoms with Gasteiger partial charge in [0.2, 0.25) is 0 Å². The first-order chi connectivity index (χ1) is 9.13. The quantitative estimate of drug-likeness (QED) is 0.789. The molecular formula is C13H14ClF4NO2. The Bertz CT molecular complexity index is 545. The highest BCUT2D eigenvalue weighted by molar-refractivity contribution is 5.85. The maximum atomic E-state index is 13.6. The molecule has 0 aromatic heterocycles. The van der Waals surface area contributed by atoms with E-state index in [9.17, 15) is 22.4 Å². The largest absolute Gasteiger partial charge is 0.449 e. The van der Waals surface area contributed by atoms with Gasteiger partial charge in [0.1, 0.15) is 12.4 Å². The van der Waals surface area contributed by atoms with Crippen molar-refractivity contribution in [1.29, 1.82) is 0 Å². The summed E-state index contributed by atoms with van der Waals surface area (Å²) in [6.45, 7) is 3.24. The molecule has 0 radical (unpaired) electrons. The van der Waals surface area contributed by atoms with Crippen LogP contribution in [0.5, 0.6) is 0 Å². The molecule has 1 aromatic carbocycles. The number of halogens is 5. The van der Waals surface area contributed by atoms with Crippen LogP contribution in [0.15, 0.2) is 18.2 Å². The molecule has 118 valence electrons. The molecule has 0 unspecified atom stereocenters. The standard InChI is InChI=1S/C13H13F4NO2.ClH/c1-12(2)6-20-11(19)18-10(12)7-4-3-5-8(14)9(7)13(15,16)17;/h3-5,10H,6H2,1-2H3,(H,18,19);1H/t10-;/m0./s1. The monoisotopic (exact) mass is 327 g/mol. The molecule has 1 N–H and O–H groups in total. The highest BCUT2D eigenvalue weighted by Crippen LogP contribution is 2.43. The number of alkyl carbamates (subject to hydrolysis) is 1. The fourth-order valence-corrected chi connectivity index (χ4v) is 2.27. The molecule has 1 atom stereocenters. The van der Waals surface area contributed by atoms with Gasteiger partial charge in [0, 0.05) is 5.41 Å². The lowest BCUT2D eigenvalue weighted by Gasteiger charge is -2.39. The third-order valence-electron chi connectivity index (χ3n) is 3.26. The molecule has 21 heavy (non-hydrogen) atoms. The average Bonchev–Trinajstić information content (AvgIpc) is 2.30. The van der Waals surface area contributed by atoms with Gasteiger partial charge < -0.3 is 10.1 Å². The van der Waals surface area contributed by atoms with Crippen molar-refractivity contribution in [2.24, 2.45) is 5.41 Å². The van der Waals surface area contributed by atoms with E-state index >= 15 is 0 Å². The van der Waals surface area contributed by atoms with E-state index in [1.54, 1.807) is 13.8 Å². The van der Waals surface area contributed by atoms with Crippen molar-refractivity contribution in [3.63, 3.8) is 0 Å². The minimum atomic E-state index is -4.83. The van der Waals surface area contributed by atoms with E-state index in [4.69, 9.17) is 4.74 Å². The molecule has 0 spiro atoms. The Kier molecular flexibility index (Phi) is 4.77. The fourth-order valence-electron chi connectivity index (χ4n) is 2.27. The lowest BCUT2D eigenvalue weighted by atomic mass is 9.78. The van der Waals surface area contributed by atoms with Crippen molar-refractivity contribution >= 4 is 18.5 Å². The van der Waals surface area contributed by atoms with Crippen LogP contribution in [0.3, 0.4) is 0 Å². The number of carbonyl (C=O) groups excluding carboxylic acids is 1. The average molecular weight is 328 g/mol. The van der Waals surface area contributed by atoms with Crippen molar-refractivity contribution in [3.8, 4) is 0 Å². The molecule has 1 saturated heterocycles. The maximum Gasteiger partial charge on any atom is 0.419 e. The molecule has 8 heteroatoms. The van der Waals surface area contributed by atoms with Gasteiger partial charge in [-0.1, -0.05) is 26.0 Å². The Morgan fingerprint density at radius 2 is 1.95 bits per heavy atom. The van der Waals surface area contributed by atoms with Crippen LogP contribution in [0, 0.1) is 11.2 Å². The van der Waals surface area contributed by atoms with Crippen molar-refractivity contribution in [3.05, 3.63) is 35.1 Å². The Hall–Kier alpha value is -1.50. The topological polar surface area (TPSA) is 38.3 Å². The number of alkyl halides is 3. The van der Waals surface area contributed by atoms with Crippen LogP contribution in [0.1, 0.15) is 31.0 Å². The maximum absolute atomic E-state index is 13.6. The van der Waals surface area contributed by atoms with E-state index in [2.05, 4.69) is 5.32 Å². The SMILES string of the molecule is CC1(C)COC(=O)N[C@H]1c1cccc(F)c1C(F)(F)F.Cl. The number of benzene rings is 1. The van der Waals surface area contributed by atoms with Crippen LogP contribution in [0.2, 0.25) is 0 Å². The van der Waals surface area contributed by atoms with Crippen molar-refractivity contribution in [2.45, 2.75) is 26.1 Å². The lowest BCUT2D eigenvalue weighted by molar-refractivity contribution is -0.141. The normalized spacial score (nSPS) is 21.0. The molecule has 3 nitrogen and oxygen atoms in total. The molecule has 1 heterocycles. The zero-order chi connectivity index (χ0) is 15.1. The van der Waals surface area contributed by atoms with E-state index < -0.39 is 35.1 Å². The first-order valence-electron chi connectivity index (χ1n) is 5.92. The Morgan fingerprint density at radius 3 is 2.52 bits per heavy atom. The summed E-state index contributed by atoms with van der Waals surface area (Å²) < 4.78 is 57.4. The van der Waals surface area contributed by atoms with E-state index in [-0.39, 0.29) is 24.6 Å². The number of hydrogen-bond donors (Lipinski definition) is 1. The minimum Gasteiger partial charge on any atom is -0.449 e. The number of rotatable bonds is 1. The second-order valence-electron chi connectivity index (χ2n) is 5.34. The molecule has 1 amide bonds. The summed E-state index contributed by atoms with van der Waals surface area (Å²) in [7, 11) is 0. The lowest BCUT2D eigenvalue weighted by Crippen LogP contribution is -2.47. The number of nitrogens with one attached hydrogen (secondary N) is 1. The first kappa shape index (κ1) is 17.6. The molecular weight excluding hydrogens is 314 g/mol. The Balaban J connectivity index is 0.00000220. The second-order valence-corrected chi connectivity index (χ2v) is 5.34. The van der Waals surface area contributed by atoms with Crippen LogP contribution < -0.4 is 5.32 Å². The molecule has 1 aromatic rings. The number of amides is 1. The number of hydrogen-bond acceptors (Lipinski definition) is 2.